The Labute approximate surface area is 109 Å². The lowest BCUT2D eigenvalue weighted by Gasteiger charge is -2.12. The van der Waals surface area contributed by atoms with Gasteiger partial charge in [0.15, 0.2) is 0 Å². The summed E-state index contributed by atoms with van der Waals surface area (Å²) in [5, 5.41) is 19.7. The molecular formula is C11H14N2O4S. The van der Waals surface area contributed by atoms with Crippen LogP contribution in [-0.2, 0) is 4.79 Å². The van der Waals surface area contributed by atoms with Crippen LogP contribution >= 0.6 is 11.9 Å². The fourth-order valence-corrected chi connectivity index (χ4v) is 2.23. The molecule has 18 heavy (non-hydrogen) atoms. The van der Waals surface area contributed by atoms with Gasteiger partial charge < -0.3 is 5.11 Å². The Kier molecular flexibility index (Phi) is 5.60. The van der Waals surface area contributed by atoms with Crippen molar-refractivity contribution in [3.8, 4) is 0 Å². The van der Waals surface area contributed by atoms with Gasteiger partial charge >= 0.3 is 5.97 Å². The predicted molar refractivity (Wildman–Crippen MR) is 68.4 cm³/mol. The van der Waals surface area contributed by atoms with Gasteiger partial charge in [-0.05, 0) is 24.4 Å². The molecule has 0 saturated heterocycles. The molecule has 0 bridgehead atoms. The van der Waals surface area contributed by atoms with Crippen molar-refractivity contribution in [3.63, 3.8) is 0 Å². The van der Waals surface area contributed by atoms with Gasteiger partial charge in [0.05, 0.1) is 4.92 Å². The Hall–Kier alpha value is -1.60. The molecule has 0 aliphatic rings. The number of para-hydroxylation sites is 1. The fourth-order valence-electron chi connectivity index (χ4n) is 1.35. The molecule has 1 aromatic carbocycles. The van der Waals surface area contributed by atoms with E-state index in [2.05, 4.69) is 4.72 Å². The molecule has 1 aromatic rings. The van der Waals surface area contributed by atoms with Crippen LogP contribution in [0.4, 0.5) is 5.69 Å². The Morgan fingerprint density at radius 2 is 2.22 bits per heavy atom. The number of carboxylic acid groups (broad SMARTS) is 1. The van der Waals surface area contributed by atoms with E-state index >= 15 is 0 Å². The first kappa shape index (κ1) is 14.5. The highest BCUT2D eigenvalue weighted by Gasteiger charge is 2.19. The lowest BCUT2D eigenvalue weighted by atomic mass is 10.2. The van der Waals surface area contributed by atoms with Gasteiger partial charge in [-0.3, -0.25) is 14.9 Å². The highest BCUT2D eigenvalue weighted by atomic mass is 32.2. The fraction of sp³-hybridized carbons (Fsp3) is 0.364. The second-order valence-electron chi connectivity index (χ2n) is 3.62. The number of carboxylic acids is 1. The lowest BCUT2D eigenvalue weighted by molar-refractivity contribution is -0.387. The van der Waals surface area contributed by atoms with Crippen LogP contribution in [0, 0.1) is 10.1 Å². The van der Waals surface area contributed by atoms with Crippen LogP contribution in [0.25, 0.3) is 0 Å². The molecule has 7 heteroatoms. The Morgan fingerprint density at radius 3 is 2.78 bits per heavy atom. The minimum Gasteiger partial charge on any atom is -0.480 e. The van der Waals surface area contributed by atoms with Crippen LogP contribution in [-0.4, -0.2) is 22.0 Å². The van der Waals surface area contributed by atoms with Crippen molar-refractivity contribution in [3.05, 3.63) is 34.4 Å². The average Bonchev–Trinajstić information content (AvgIpc) is 2.34. The van der Waals surface area contributed by atoms with E-state index in [0.717, 1.165) is 18.4 Å². The van der Waals surface area contributed by atoms with Gasteiger partial charge in [-0.15, -0.1) is 0 Å². The molecule has 0 aliphatic carbocycles. The topological polar surface area (TPSA) is 92.5 Å². The molecule has 1 rings (SSSR count). The lowest BCUT2D eigenvalue weighted by Crippen LogP contribution is -2.31. The number of aliphatic carboxylic acids is 1. The van der Waals surface area contributed by atoms with Gasteiger partial charge in [0, 0.05) is 6.07 Å². The van der Waals surface area contributed by atoms with E-state index in [1.165, 1.54) is 6.07 Å². The highest BCUT2D eigenvalue weighted by Crippen LogP contribution is 2.27. The molecule has 0 saturated carbocycles. The zero-order valence-electron chi connectivity index (χ0n) is 9.83. The minimum atomic E-state index is -0.956. The number of nitrogens with zero attached hydrogens (tertiary/aromatic N) is 1. The monoisotopic (exact) mass is 270 g/mol. The average molecular weight is 270 g/mol. The van der Waals surface area contributed by atoms with Crippen LogP contribution in [0.15, 0.2) is 29.2 Å². The largest absolute Gasteiger partial charge is 0.480 e. The summed E-state index contributed by atoms with van der Waals surface area (Å²) >= 11 is 0.979. The molecule has 0 aliphatic heterocycles. The first-order valence-corrected chi connectivity index (χ1v) is 6.26. The summed E-state index contributed by atoms with van der Waals surface area (Å²) in [4.78, 5) is 21.6. The van der Waals surface area contributed by atoms with E-state index in [4.69, 9.17) is 5.11 Å². The molecular weight excluding hydrogens is 256 g/mol. The van der Waals surface area contributed by atoms with Crippen LogP contribution in [0.5, 0.6) is 0 Å². The molecule has 0 aromatic heterocycles. The van der Waals surface area contributed by atoms with E-state index < -0.39 is 16.9 Å². The van der Waals surface area contributed by atoms with Crippen LogP contribution in [0.3, 0.4) is 0 Å². The summed E-state index contributed by atoms with van der Waals surface area (Å²) < 4.78 is 2.74. The zero-order chi connectivity index (χ0) is 13.5. The van der Waals surface area contributed by atoms with Crippen molar-refractivity contribution < 1.29 is 14.8 Å². The van der Waals surface area contributed by atoms with Crippen molar-refractivity contribution in [1.82, 2.24) is 4.72 Å². The van der Waals surface area contributed by atoms with Gasteiger partial charge in [-0.25, -0.2) is 4.72 Å². The van der Waals surface area contributed by atoms with Crippen molar-refractivity contribution in [2.45, 2.75) is 30.7 Å². The van der Waals surface area contributed by atoms with Crippen molar-refractivity contribution >= 4 is 23.6 Å². The summed E-state index contributed by atoms with van der Waals surface area (Å²) in [6, 6.07) is 5.51. The number of benzene rings is 1. The molecule has 0 amide bonds. The number of nitrogens with one attached hydrogen (secondary N) is 1. The molecule has 6 nitrogen and oxygen atoms in total. The zero-order valence-corrected chi connectivity index (χ0v) is 10.6. The van der Waals surface area contributed by atoms with E-state index in [1.54, 1.807) is 18.2 Å². The molecule has 1 unspecified atom stereocenters. The maximum atomic E-state index is 10.9. The van der Waals surface area contributed by atoms with Crippen LogP contribution in [0.2, 0.25) is 0 Å². The highest BCUT2D eigenvalue weighted by molar-refractivity contribution is 7.97. The van der Waals surface area contributed by atoms with E-state index in [0.29, 0.717) is 11.3 Å². The number of hydrogen-bond donors (Lipinski definition) is 2. The smallest absolute Gasteiger partial charge is 0.321 e. The van der Waals surface area contributed by atoms with Gasteiger partial charge in [-0.1, -0.05) is 25.5 Å². The van der Waals surface area contributed by atoms with E-state index in [1.807, 2.05) is 6.92 Å². The number of rotatable bonds is 7. The predicted octanol–water partition coefficient (Wildman–Crippen LogP) is 2.44. The maximum absolute atomic E-state index is 10.9. The Morgan fingerprint density at radius 1 is 1.56 bits per heavy atom. The maximum Gasteiger partial charge on any atom is 0.321 e. The molecule has 0 radical (unpaired) electrons. The molecule has 0 spiro atoms. The number of nitro groups is 1. The summed E-state index contributed by atoms with van der Waals surface area (Å²) in [5.74, 6) is -0.956. The summed E-state index contributed by atoms with van der Waals surface area (Å²) in [7, 11) is 0. The van der Waals surface area contributed by atoms with Crippen molar-refractivity contribution in [1.29, 1.82) is 0 Å². The van der Waals surface area contributed by atoms with E-state index in [9.17, 15) is 14.9 Å². The van der Waals surface area contributed by atoms with Crippen molar-refractivity contribution in [2.24, 2.45) is 0 Å². The number of nitro benzene ring substituents is 1. The van der Waals surface area contributed by atoms with E-state index in [-0.39, 0.29) is 5.69 Å². The summed E-state index contributed by atoms with van der Waals surface area (Å²) in [5.41, 5.74) is -0.0318. The minimum absolute atomic E-state index is 0.0318. The van der Waals surface area contributed by atoms with Crippen LogP contribution in [0.1, 0.15) is 19.8 Å². The van der Waals surface area contributed by atoms with Gasteiger partial charge in [-0.2, -0.15) is 0 Å². The Bertz CT molecular complexity index is 439. The third-order valence-electron chi connectivity index (χ3n) is 2.25. The third-order valence-corrected chi connectivity index (χ3v) is 3.22. The van der Waals surface area contributed by atoms with Gasteiger partial charge in [0.2, 0.25) is 0 Å². The first-order valence-electron chi connectivity index (χ1n) is 5.44. The van der Waals surface area contributed by atoms with Gasteiger partial charge in [0.1, 0.15) is 10.9 Å². The SMILES string of the molecule is CCCC(NSc1ccccc1[N+](=O)[O-])C(=O)O. The molecule has 0 heterocycles. The Balaban J connectivity index is 2.73. The van der Waals surface area contributed by atoms with Crippen LogP contribution < -0.4 is 4.72 Å². The molecule has 0 fully saturated rings. The number of hydrogen-bond acceptors (Lipinski definition) is 5. The standard InChI is InChI=1S/C11H14N2O4S/c1-2-5-8(11(14)15)12-18-10-7-4-3-6-9(10)13(16)17/h3-4,6-8,12H,2,5H2,1H3,(H,14,15). The summed E-state index contributed by atoms with van der Waals surface area (Å²) in [6.45, 7) is 1.88. The third kappa shape index (κ3) is 4.01. The second kappa shape index (κ2) is 6.97. The number of carbonyl (C=O) groups is 1. The van der Waals surface area contributed by atoms with Gasteiger partial charge in [0.25, 0.3) is 5.69 Å². The molecule has 2 N–H and O–H groups in total. The quantitative estimate of drug-likeness (QED) is 0.449. The second-order valence-corrected chi connectivity index (χ2v) is 4.50. The first-order chi connectivity index (χ1) is 8.56. The summed E-state index contributed by atoms with van der Waals surface area (Å²) in [6.07, 6.45) is 1.20. The molecule has 98 valence electrons. The van der Waals surface area contributed by atoms with Crippen molar-refractivity contribution in [2.75, 3.05) is 0 Å². The normalized spacial score (nSPS) is 12.1. The molecule has 1 atom stereocenters.